The van der Waals surface area contributed by atoms with E-state index in [2.05, 4.69) is 15.1 Å². The first kappa shape index (κ1) is 11.9. The maximum atomic E-state index is 7.14. The molecule has 90 valence electrons. The van der Waals surface area contributed by atoms with E-state index in [1.165, 1.54) is 6.42 Å². The molecule has 1 aliphatic rings. The van der Waals surface area contributed by atoms with Crippen LogP contribution in [0, 0.1) is 6.57 Å². The van der Waals surface area contributed by atoms with E-state index in [0.717, 1.165) is 25.2 Å². The van der Waals surface area contributed by atoms with Crippen molar-refractivity contribution in [3.8, 4) is 5.75 Å². The molecule has 4 nitrogen and oxygen atoms in total. The van der Waals surface area contributed by atoms with Crippen LogP contribution in [0.25, 0.3) is 4.85 Å². The fourth-order valence-electron chi connectivity index (χ4n) is 2.13. The lowest BCUT2D eigenvalue weighted by atomic mass is 9.95. The summed E-state index contributed by atoms with van der Waals surface area (Å²) in [4.78, 5) is 7.85. The van der Waals surface area contributed by atoms with Crippen LogP contribution in [0.2, 0.25) is 0 Å². The van der Waals surface area contributed by atoms with Gasteiger partial charge in [0.1, 0.15) is 11.4 Å². The van der Waals surface area contributed by atoms with Gasteiger partial charge in [-0.15, -0.1) is 4.98 Å². The largest absolute Gasteiger partial charge is 0.503 e. The van der Waals surface area contributed by atoms with Gasteiger partial charge in [0.25, 0.3) is 0 Å². The van der Waals surface area contributed by atoms with Crippen LogP contribution >= 0.6 is 0 Å². The average Bonchev–Trinajstić information content (AvgIpc) is 2.40. The molecule has 1 N–H and O–H groups in total. The third-order valence-corrected chi connectivity index (χ3v) is 2.98. The van der Waals surface area contributed by atoms with Gasteiger partial charge in [0, 0.05) is 12.5 Å². The Kier molecular flexibility index (Phi) is 3.94. The monoisotopic (exact) mass is 231 g/mol. The molecule has 0 radical (unpaired) electrons. The summed E-state index contributed by atoms with van der Waals surface area (Å²) in [6.45, 7) is 11.7. The predicted molar refractivity (Wildman–Crippen MR) is 66.5 cm³/mol. The van der Waals surface area contributed by atoms with Gasteiger partial charge in [-0.05, 0) is 38.4 Å². The van der Waals surface area contributed by atoms with Crippen molar-refractivity contribution in [2.75, 3.05) is 19.7 Å². The van der Waals surface area contributed by atoms with Crippen LogP contribution in [0.1, 0.15) is 31.4 Å². The molecule has 2 heterocycles. The first-order valence-corrected chi connectivity index (χ1v) is 6.07. The smallest absolute Gasteiger partial charge is 0.312 e. The second kappa shape index (κ2) is 5.65. The van der Waals surface area contributed by atoms with E-state index in [1.54, 1.807) is 0 Å². The summed E-state index contributed by atoms with van der Waals surface area (Å²) in [6, 6.07) is 3.85. The van der Waals surface area contributed by atoms with Crippen LogP contribution in [0.3, 0.4) is 0 Å². The molecule has 4 heteroatoms. The molecule has 1 saturated heterocycles. The highest BCUT2D eigenvalue weighted by Crippen LogP contribution is 2.29. The second-order valence-corrected chi connectivity index (χ2v) is 4.15. The van der Waals surface area contributed by atoms with Crippen molar-refractivity contribution in [3.05, 3.63) is 29.2 Å². The molecule has 0 aromatic carbocycles. The maximum Gasteiger partial charge on any atom is 0.312 e. The Balaban J connectivity index is 2.21. The highest BCUT2D eigenvalue weighted by molar-refractivity contribution is 5.51. The van der Waals surface area contributed by atoms with Gasteiger partial charge in [0.2, 0.25) is 0 Å². The normalized spacial score (nSPS) is 19.6. The average molecular weight is 231 g/mol. The molecule has 0 bridgehead atoms. The van der Waals surface area contributed by atoms with Crippen LogP contribution in [0.4, 0.5) is 5.82 Å². The Morgan fingerprint density at radius 2 is 2.47 bits per heavy atom. The zero-order valence-corrected chi connectivity index (χ0v) is 10.1. The number of nitrogens with zero attached hydrogens (tertiary/aromatic N) is 2. The molecule has 1 unspecified atom stereocenters. The van der Waals surface area contributed by atoms with E-state index in [0.29, 0.717) is 24.1 Å². The molecular weight excluding hydrogens is 214 g/mol. The lowest BCUT2D eigenvalue weighted by Crippen LogP contribution is -2.28. The van der Waals surface area contributed by atoms with Gasteiger partial charge in [-0.3, -0.25) is 0 Å². The SMILES string of the molecule is [C-]#[N+]c1nc(C2CCCNC2)ccc1OCC. The van der Waals surface area contributed by atoms with E-state index in [4.69, 9.17) is 11.3 Å². The van der Waals surface area contributed by atoms with Crippen molar-refractivity contribution in [1.29, 1.82) is 0 Å². The van der Waals surface area contributed by atoms with E-state index >= 15 is 0 Å². The second-order valence-electron chi connectivity index (χ2n) is 4.15. The zero-order chi connectivity index (χ0) is 12.1. The molecule has 1 atom stereocenters. The Morgan fingerprint density at radius 1 is 1.59 bits per heavy atom. The van der Waals surface area contributed by atoms with Crippen LogP contribution in [0.5, 0.6) is 5.75 Å². The van der Waals surface area contributed by atoms with E-state index in [1.807, 2.05) is 19.1 Å². The molecule has 1 aromatic heterocycles. The van der Waals surface area contributed by atoms with Gasteiger partial charge in [-0.1, -0.05) is 6.57 Å². The van der Waals surface area contributed by atoms with Crippen LogP contribution in [0.15, 0.2) is 12.1 Å². The summed E-state index contributed by atoms with van der Waals surface area (Å²) in [6.07, 6.45) is 2.32. The molecule has 1 fully saturated rings. The maximum absolute atomic E-state index is 7.14. The minimum Gasteiger partial charge on any atom is -0.503 e. The summed E-state index contributed by atoms with van der Waals surface area (Å²) in [5.41, 5.74) is 1.01. The molecular formula is C13H17N3O. The molecule has 0 amide bonds. The molecule has 2 rings (SSSR count). The summed E-state index contributed by atoms with van der Waals surface area (Å²) in [5, 5.41) is 3.36. The Bertz CT molecular complexity index is 419. The van der Waals surface area contributed by atoms with Crippen molar-refractivity contribution in [1.82, 2.24) is 10.3 Å². The van der Waals surface area contributed by atoms with Gasteiger partial charge in [-0.25, -0.2) is 0 Å². The van der Waals surface area contributed by atoms with Crippen molar-refractivity contribution < 1.29 is 4.74 Å². The first-order chi connectivity index (χ1) is 8.35. The fourth-order valence-corrected chi connectivity index (χ4v) is 2.13. The van der Waals surface area contributed by atoms with Gasteiger partial charge in [-0.2, -0.15) is 0 Å². The molecule has 1 aromatic rings. The van der Waals surface area contributed by atoms with Crippen molar-refractivity contribution in [2.24, 2.45) is 0 Å². The quantitative estimate of drug-likeness (QED) is 0.812. The van der Waals surface area contributed by atoms with Crippen molar-refractivity contribution in [3.63, 3.8) is 0 Å². The number of nitrogens with one attached hydrogen (secondary N) is 1. The van der Waals surface area contributed by atoms with E-state index in [-0.39, 0.29) is 0 Å². The topological polar surface area (TPSA) is 38.5 Å². The summed E-state index contributed by atoms with van der Waals surface area (Å²) < 4.78 is 5.38. The van der Waals surface area contributed by atoms with Gasteiger partial charge >= 0.3 is 5.82 Å². The number of hydrogen-bond acceptors (Lipinski definition) is 3. The van der Waals surface area contributed by atoms with Gasteiger partial charge in [0.05, 0.1) is 6.61 Å². The minimum absolute atomic E-state index is 0.384. The summed E-state index contributed by atoms with van der Waals surface area (Å²) in [7, 11) is 0. The van der Waals surface area contributed by atoms with E-state index in [9.17, 15) is 0 Å². The molecule has 0 aliphatic carbocycles. The lowest BCUT2D eigenvalue weighted by molar-refractivity contribution is 0.340. The number of ether oxygens (including phenoxy) is 1. The molecule has 17 heavy (non-hydrogen) atoms. The molecule has 1 aliphatic heterocycles. The van der Waals surface area contributed by atoms with Crippen LogP contribution in [-0.4, -0.2) is 24.7 Å². The van der Waals surface area contributed by atoms with Crippen molar-refractivity contribution >= 4 is 5.82 Å². The number of piperidine rings is 1. The standard InChI is InChI=1S/C13H17N3O/c1-3-17-12-7-6-11(16-13(12)14-2)10-5-4-8-15-9-10/h6-7,10,15H,3-5,8-9H2,1H3. The highest BCUT2D eigenvalue weighted by atomic mass is 16.5. The summed E-state index contributed by atoms with van der Waals surface area (Å²) in [5.74, 6) is 1.41. The fraction of sp³-hybridized carbons (Fsp3) is 0.538. The van der Waals surface area contributed by atoms with Gasteiger partial charge < -0.3 is 14.9 Å². The molecule has 0 saturated carbocycles. The van der Waals surface area contributed by atoms with Crippen LogP contribution in [-0.2, 0) is 0 Å². The Hall–Kier alpha value is -1.60. The van der Waals surface area contributed by atoms with Gasteiger partial charge in [0.15, 0.2) is 0 Å². The highest BCUT2D eigenvalue weighted by Gasteiger charge is 2.20. The van der Waals surface area contributed by atoms with Crippen LogP contribution < -0.4 is 10.1 Å². The Morgan fingerprint density at radius 3 is 3.12 bits per heavy atom. The minimum atomic E-state index is 0.384. The number of hydrogen-bond donors (Lipinski definition) is 1. The zero-order valence-electron chi connectivity index (χ0n) is 10.1. The third kappa shape index (κ3) is 2.75. The number of rotatable bonds is 3. The van der Waals surface area contributed by atoms with Crippen molar-refractivity contribution in [2.45, 2.75) is 25.7 Å². The molecule has 0 spiro atoms. The van der Waals surface area contributed by atoms with E-state index < -0.39 is 0 Å². The predicted octanol–water partition coefficient (Wildman–Crippen LogP) is 2.50. The lowest BCUT2D eigenvalue weighted by Gasteiger charge is -2.20. The Labute approximate surface area is 102 Å². The first-order valence-electron chi connectivity index (χ1n) is 6.07. The number of pyridine rings is 1. The third-order valence-electron chi connectivity index (χ3n) is 2.98. The summed E-state index contributed by atoms with van der Waals surface area (Å²) >= 11 is 0. The number of aromatic nitrogens is 1.